The lowest BCUT2D eigenvalue weighted by Gasteiger charge is -2.32. The zero-order valence-corrected chi connectivity index (χ0v) is 11.5. The van der Waals surface area contributed by atoms with Crippen LogP contribution in [0.25, 0.3) is 0 Å². The molecule has 2 heteroatoms. The third-order valence-corrected chi connectivity index (χ3v) is 4.18. The van der Waals surface area contributed by atoms with Crippen LogP contribution >= 0.6 is 0 Å². The Morgan fingerprint density at radius 2 is 2.06 bits per heavy atom. The van der Waals surface area contributed by atoms with Crippen molar-refractivity contribution in [2.45, 2.75) is 45.4 Å². The predicted octanol–water partition coefficient (Wildman–Crippen LogP) is 4.02. The van der Waals surface area contributed by atoms with E-state index in [0.717, 1.165) is 18.7 Å². The monoisotopic (exact) mass is 249 g/mol. The Morgan fingerprint density at radius 3 is 2.78 bits per heavy atom. The Hall–Kier alpha value is -0.890. The van der Waals surface area contributed by atoms with E-state index in [2.05, 4.69) is 12.2 Å². The van der Waals surface area contributed by atoms with Crippen molar-refractivity contribution < 1.29 is 4.39 Å². The van der Waals surface area contributed by atoms with E-state index in [4.69, 9.17) is 0 Å². The van der Waals surface area contributed by atoms with E-state index >= 15 is 0 Å². The van der Waals surface area contributed by atoms with Gasteiger partial charge in [-0.1, -0.05) is 31.9 Å². The first-order valence-corrected chi connectivity index (χ1v) is 7.19. The lowest BCUT2D eigenvalue weighted by Crippen LogP contribution is -2.29. The Labute approximate surface area is 110 Å². The van der Waals surface area contributed by atoms with Crippen LogP contribution in [-0.4, -0.2) is 13.1 Å². The van der Waals surface area contributed by atoms with Gasteiger partial charge >= 0.3 is 0 Å². The molecule has 1 aliphatic carbocycles. The van der Waals surface area contributed by atoms with Crippen LogP contribution in [0.5, 0.6) is 0 Å². The minimum Gasteiger partial charge on any atom is -0.317 e. The number of hydrogen-bond donors (Lipinski definition) is 1. The number of rotatable bonds is 4. The molecule has 0 bridgehead atoms. The Morgan fingerprint density at radius 1 is 1.28 bits per heavy atom. The van der Waals surface area contributed by atoms with Crippen LogP contribution in [0, 0.1) is 18.7 Å². The zero-order valence-electron chi connectivity index (χ0n) is 11.5. The minimum absolute atomic E-state index is 0.0854. The first-order valence-electron chi connectivity index (χ1n) is 7.19. The Bertz CT molecular complexity index is 389. The summed E-state index contributed by atoms with van der Waals surface area (Å²) in [5, 5.41) is 3.47. The van der Waals surface area contributed by atoms with Crippen molar-refractivity contribution >= 4 is 0 Å². The van der Waals surface area contributed by atoms with E-state index in [1.54, 1.807) is 6.07 Å². The van der Waals surface area contributed by atoms with Gasteiger partial charge in [-0.15, -0.1) is 0 Å². The maximum Gasteiger partial charge on any atom is 0.126 e. The molecule has 18 heavy (non-hydrogen) atoms. The van der Waals surface area contributed by atoms with E-state index in [-0.39, 0.29) is 5.82 Å². The van der Waals surface area contributed by atoms with Crippen LogP contribution in [0.2, 0.25) is 0 Å². The number of halogens is 1. The van der Waals surface area contributed by atoms with Gasteiger partial charge in [0, 0.05) is 0 Å². The van der Waals surface area contributed by atoms with Gasteiger partial charge in [0.25, 0.3) is 0 Å². The number of aryl methyl sites for hydroxylation is 1. The number of benzene rings is 1. The summed E-state index contributed by atoms with van der Waals surface area (Å²) in [5.41, 5.74) is 2.11. The quantitative estimate of drug-likeness (QED) is 0.850. The summed E-state index contributed by atoms with van der Waals surface area (Å²) >= 11 is 0. The normalized spacial score (nSPS) is 24.2. The standard InChI is InChI=1S/C16H24FN/c1-3-18-11-14-6-4-5-7-15(14)13-8-9-16(17)12(2)10-13/h8-10,14-15,18H,3-7,11H2,1-2H3. The van der Waals surface area contributed by atoms with Gasteiger partial charge in [-0.2, -0.15) is 0 Å². The number of nitrogens with one attached hydrogen (secondary N) is 1. The summed E-state index contributed by atoms with van der Waals surface area (Å²) in [4.78, 5) is 0. The van der Waals surface area contributed by atoms with Gasteiger partial charge in [0.2, 0.25) is 0 Å². The van der Waals surface area contributed by atoms with E-state index in [0.29, 0.717) is 11.8 Å². The Balaban J connectivity index is 2.14. The summed E-state index contributed by atoms with van der Waals surface area (Å²) in [6, 6.07) is 5.66. The van der Waals surface area contributed by atoms with Crippen LogP contribution < -0.4 is 5.32 Å². The average molecular weight is 249 g/mol. The van der Waals surface area contributed by atoms with E-state index in [9.17, 15) is 4.39 Å². The summed E-state index contributed by atoms with van der Waals surface area (Å²) < 4.78 is 13.4. The molecule has 1 N–H and O–H groups in total. The highest BCUT2D eigenvalue weighted by atomic mass is 19.1. The van der Waals surface area contributed by atoms with Crippen LogP contribution in [0.1, 0.15) is 49.7 Å². The second kappa shape index (κ2) is 6.33. The van der Waals surface area contributed by atoms with Crippen LogP contribution in [0.15, 0.2) is 18.2 Å². The topological polar surface area (TPSA) is 12.0 Å². The molecule has 1 saturated carbocycles. The van der Waals surface area contributed by atoms with Crippen LogP contribution in [-0.2, 0) is 0 Å². The molecule has 0 aliphatic heterocycles. The fourth-order valence-corrected chi connectivity index (χ4v) is 3.12. The highest BCUT2D eigenvalue weighted by Gasteiger charge is 2.26. The summed E-state index contributed by atoms with van der Waals surface area (Å²) in [5.74, 6) is 1.23. The predicted molar refractivity (Wildman–Crippen MR) is 74.4 cm³/mol. The van der Waals surface area contributed by atoms with Crippen molar-refractivity contribution in [1.82, 2.24) is 5.32 Å². The van der Waals surface area contributed by atoms with Gasteiger partial charge < -0.3 is 5.32 Å². The highest BCUT2D eigenvalue weighted by Crippen LogP contribution is 2.37. The third-order valence-electron chi connectivity index (χ3n) is 4.18. The fourth-order valence-electron chi connectivity index (χ4n) is 3.12. The van der Waals surface area contributed by atoms with Crippen molar-refractivity contribution in [3.63, 3.8) is 0 Å². The summed E-state index contributed by atoms with van der Waals surface area (Å²) in [6.45, 7) is 6.14. The molecular weight excluding hydrogens is 225 g/mol. The van der Waals surface area contributed by atoms with Crippen molar-refractivity contribution in [3.8, 4) is 0 Å². The van der Waals surface area contributed by atoms with Crippen molar-refractivity contribution in [3.05, 3.63) is 35.1 Å². The molecule has 1 aromatic rings. The van der Waals surface area contributed by atoms with Crippen molar-refractivity contribution in [2.75, 3.05) is 13.1 Å². The molecule has 0 amide bonds. The largest absolute Gasteiger partial charge is 0.317 e. The third kappa shape index (κ3) is 3.11. The molecule has 0 aromatic heterocycles. The van der Waals surface area contributed by atoms with Crippen LogP contribution in [0.4, 0.5) is 4.39 Å². The molecule has 0 saturated heterocycles. The zero-order chi connectivity index (χ0) is 13.0. The van der Waals surface area contributed by atoms with E-state index in [1.807, 2.05) is 19.1 Å². The van der Waals surface area contributed by atoms with Crippen molar-refractivity contribution in [1.29, 1.82) is 0 Å². The van der Waals surface area contributed by atoms with Gasteiger partial charge in [0.1, 0.15) is 5.82 Å². The molecule has 2 unspecified atom stereocenters. The van der Waals surface area contributed by atoms with Crippen LogP contribution in [0.3, 0.4) is 0 Å². The Kier molecular flexibility index (Phi) is 4.76. The summed E-state index contributed by atoms with van der Waals surface area (Å²) in [6.07, 6.45) is 5.20. The molecule has 0 spiro atoms. The first kappa shape index (κ1) is 13.5. The van der Waals surface area contributed by atoms with E-state index in [1.165, 1.54) is 31.2 Å². The first-order chi connectivity index (χ1) is 8.72. The molecule has 1 aromatic carbocycles. The minimum atomic E-state index is -0.0854. The molecule has 1 aliphatic rings. The number of hydrogen-bond acceptors (Lipinski definition) is 1. The van der Waals surface area contributed by atoms with E-state index < -0.39 is 0 Å². The molecular formula is C16H24FN. The molecule has 0 heterocycles. The maximum absolute atomic E-state index is 13.4. The maximum atomic E-state index is 13.4. The second-order valence-corrected chi connectivity index (χ2v) is 5.47. The molecule has 1 nitrogen and oxygen atoms in total. The highest BCUT2D eigenvalue weighted by molar-refractivity contribution is 5.27. The second-order valence-electron chi connectivity index (χ2n) is 5.47. The average Bonchev–Trinajstić information content (AvgIpc) is 2.40. The summed E-state index contributed by atoms with van der Waals surface area (Å²) in [7, 11) is 0. The fraction of sp³-hybridized carbons (Fsp3) is 0.625. The molecule has 2 rings (SSSR count). The molecule has 2 atom stereocenters. The molecule has 1 fully saturated rings. The lowest BCUT2D eigenvalue weighted by molar-refractivity contribution is 0.297. The smallest absolute Gasteiger partial charge is 0.126 e. The van der Waals surface area contributed by atoms with Gasteiger partial charge in [-0.25, -0.2) is 4.39 Å². The molecule has 0 radical (unpaired) electrons. The van der Waals surface area contributed by atoms with Crippen molar-refractivity contribution in [2.24, 2.45) is 5.92 Å². The van der Waals surface area contributed by atoms with Gasteiger partial charge in [0.05, 0.1) is 0 Å². The molecule has 100 valence electrons. The lowest BCUT2D eigenvalue weighted by atomic mass is 9.75. The van der Waals surface area contributed by atoms with Gasteiger partial charge in [0.15, 0.2) is 0 Å². The van der Waals surface area contributed by atoms with Gasteiger partial charge in [-0.3, -0.25) is 0 Å². The SMILES string of the molecule is CCNCC1CCCCC1c1ccc(F)c(C)c1. The van der Waals surface area contributed by atoms with Gasteiger partial charge in [-0.05, 0) is 61.9 Å².